The lowest BCUT2D eigenvalue weighted by molar-refractivity contribution is -0.660. The van der Waals surface area contributed by atoms with Crippen molar-refractivity contribution in [2.45, 2.75) is 0 Å². The number of H-pyrrole nitrogens is 1. The van der Waals surface area contributed by atoms with Crippen LogP contribution in [0, 0.1) is 0 Å². The minimum absolute atomic E-state index is 0.0561. The Hall–Kier alpha value is -2.90. The Bertz CT molecular complexity index is 567. The van der Waals surface area contributed by atoms with E-state index in [-0.39, 0.29) is 5.96 Å². The molecule has 8 nitrogen and oxygen atoms in total. The van der Waals surface area contributed by atoms with Gasteiger partial charge in [0.1, 0.15) is 10.8 Å². The third kappa shape index (κ3) is 2.61. The summed E-state index contributed by atoms with van der Waals surface area (Å²) >= 11 is 0. The van der Waals surface area contributed by atoms with Crippen molar-refractivity contribution in [3.63, 3.8) is 0 Å². The average molecular weight is 245 g/mol. The molecule has 0 aliphatic rings. The van der Waals surface area contributed by atoms with Gasteiger partial charge < -0.3 is 11.5 Å². The molecule has 0 fully saturated rings. The fourth-order valence-corrected chi connectivity index (χ4v) is 1.34. The maximum Gasteiger partial charge on any atom is 0.293 e. The second-order valence-corrected chi connectivity index (χ2v) is 3.48. The molecule has 8 heteroatoms. The molecule has 0 saturated carbocycles. The highest BCUT2D eigenvalue weighted by Gasteiger charge is 2.05. The summed E-state index contributed by atoms with van der Waals surface area (Å²) in [5, 5.41) is 13.7. The van der Waals surface area contributed by atoms with Crippen molar-refractivity contribution in [2.75, 3.05) is 0 Å². The van der Waals surface area contributed by atoms with Crippen LogP contribution in [0.3, 0.4) is 0 Å². The minimum atomic E-state index is -0.0561. The molecule has 0 radical (unpaired) electrons. The number of rotatable bonds is 4. The van der Waals surface area contributed by atoms with Gasteiger partial charge >= 0.3 is 0 Å². The van der Waals surface area contributed by atoms with E-state index in [2.05, 4.69) is 32.6 Å². The summed E-state index contributed by atoms with van der Waals surface area (Å²) < 4.78 is 1.66. The summed E-state index contributed by atoms with van der Waals surface area (Å²) in [5.74, 6) is -0.0561. The van der Waals surface area contributed by atoms with Gasteiger partial charge in [-0.3, -0.25) is 5.43 Å². The highest BCUT2D eigenvalue weighted by molar-refractivity contribution is 5.76. The molecule has 0 amide bonds. The van der Waals surface area contributed by atoms with Gasteiger partial charge in [0.15, 0.2) is 5.21 Å². The highest BCUT2D eigenvalue weighted by Crippen LogP contribution is 2.11. The molecule has 2 aromatic rings. The Morgan fingerprint density at radius 1 is 1.44 bits per heavy atom. The van der Waals surface area contributed by atoms with Gasteiger partial charge in [0, 0.05) is 5.56 Å². The third-order valence-electron chi connectivity index (χ3n) is 2.17. The molecule has 6 N–H and O–H groups in total. The molecule has 18 heavy (non-hydrogen) atoms. The van der Waals surface area contributed by atoms with Crippen LogP contribution in [0.2, 0.25) is 0 Å². The van der Waals surface area contributed by atoms with Crippen LogP contribution in [0.15, 0.2) is 42.3 Å². The molecule has 92 valence electrons. The van der Waals surface area contributed by atoms with E-state index in [0.29, 0.717) is 5.70 Å². The van der Waals surface area contributed by atoms with Crippen LogP contribution in [0.1, 0.15) is 5.56 Å². The maximum absolute atomic E-state index is 5.22. The molecule has 1 aromatic heterocycles. The summed E-state index contributed by atoms with van der Waals surface area (Å²) in [6.45, 7) is 3.84. The Labute approximate surface area is 103 Å². The van der Waals surface area contributed by atoms with Crippen LogP contribution in [0.25, 0.3) is 11.4 Å². The second kappa shape index (κ2) is 4.95. The lowest BCUT2D eigenvalue weighted by Gasteiger charge is -2.05. The van der Waals surface area contributed by atoms with Gasteiger partial charge in [-0.2, -0.15) is 0 Å². The molecular weight excluding hydrogens is 232 g/mol. The van der Waals surface area contributed by atoms with E-state index in [1.54, 1.807) is 11.0 Å². The van der Waals surface area contributed by atoms with Crippen molar-refractivity contribution in [3.05, 3.63) is 42.7 Å². The molecular formula is C10H13N8+. The molecule has 0 spiro atoms. The first-order chi connectivity index (χ1) is 8.66. The second-order valence-electron chi connectivity index (χ2n) is 3.48. The highest BCUT2D eigenvalue weighted by atomic mass is 15.5. The first kappa shape index (κ1) is 11.6. The van der Waals surface area contributed by atoms with E-state index in [0.717, 1.165) is 11.3 Å². The predicted octanol–water partition coefficient (Wildman–Crippen LogP) is -1.17. The Morgan fingerprint density at radius 3 is 2.94 bits per heavy atom. The normalized spacial score (nSPS) is 9.78. The standard InChI is InChI=1S/C10H12N8/c1-7(14-15-10(11)12)8-3-2-4-9(5-8)18-6-13-16-17-18/h2-6H,1H2,(H5,11,12,14,15,16,17)/p+1. The van der Waals surface area contributed by atoms with Crippen molar-refractivity contribution < 1.29 is 4.68 Å². The number of nitrogens with zero attached hydrogens (tertiary/aromatic N) is 4. The number of hydrazone groups is 1. The number of aromatic amines is 1. The number of guanidine groups is 1. The summed E-state index contributed by atoms with van der Waals surface area (Å²) in [6, 6.07) is 7.54. The van der Waals surface area contributed by atoms with E-state index in [9.17, 15) is 0 Å². The van der Waals surface area contributed by atoms with E-state index >= 15 is 0 Å². The van der Waals surface area contributed by atoms with Crippen molar-refractivity contribution in [2.24, 2.45) is 16.6 Å². The number of hydrogen-bond donors (Lipinski definition) is 4. The van der Waals surface area contributed by atoms with Crippen molar-refractivity contribution in [1.82, 2.24) is 21.0 Å². The van der Waals surface area contributed by atoms with Crippen LogP contribution in [-0.4, -0.2) is 21.5 Å². The first-order valence-corrected chi connectivity index (χ1v) is 5.09. The lowest BCUT2D eigenvalue weighted by atomic mass is 10.1. The van der Waals surface area contributed by atoms with Crippen LogP contribution < -0.4 is 21.6 Å². The average Bonchev–Trinajstić information content (AvgIpc) is 2.90. The summed E-state index contributed by atoms with van der Waals surface area (Å²) in [6.07, 6.45) is 1.56. The Kier molecular flexibility index (Phi) is 3.19. The third-order valence-corrected chi connectivity index (χ3v) is 2.17. The van der Waals surface area contributed by atoms with E-state index in [4.69, 9.17) is 11.5 Å². The van der Waals surface area contributed by atoms with Crippen LogP contribution in [0.5, 0.6) is 0 Å². The monoisotopic (exact) mass is 245 g/mol. The largest absolute Gasteiger partial charge is 0.369 e. The van der Waals surface area contributed by atoms with Crippen molar-refractivity contribution >= 4 is 11.7 Å². The van der Waals surface area contributed by atoms with E-state index in [1.165, 1.54) is 0 Å². The van der Waals surface area contributed by atoms with Gasteiger partial charge in [-0.25, -0.2) is 0 Å². The molecule has 2 rings (SSSR count). The lowest BCUT2D eigenvalue weighted by Crippen LogP contribution is -2.32. The fraction of sp³-hybridized carbons (Fsp3) is 0. The van der Waals surface area contributed by atoms with Crippen LogP contribution >= 0.6 is 0 Å². The number of nitrogens with one attached hydrogen (secondary N) is 2. The first-order valence-electron chi connectivity index (χ1n) is 5.09. The molecule has 0 aliphatic carbocycles. The van der Waals surface area contributed by atoms with Gasteiger partial charge in [0.25, 0.3) is 6.33 Å². The number of benzene rings is 1. The fourth-order valence-electron chi connectivity index (χ4n) is 1.34. The Balaban J connectivity index is 2.22. The zero-order chi connectivity index (χ0) is 13.0. The van der Waals surface area contributed by atoms with Gasteiger partial charge in [0.2, 0.25) is 5.96 Å². The van der Waals surface area contributed by atoms with Crippen molar-refractivity contribution in [3.8, 4) is 5.69 Å². The van der Waals surface area contributed by atoms with E-state index < -0.39 is 0 Å². The number of aromatic nitrogens is 4. The number of hydrogen-bond acceptors (Lipinski definition) is 4. The van der Waals surface area contributed by atoms with Gasteiger partial charge in [-0.1, -0.05) is 23.9 Å². The van der Waals surface area contributed by atoms with E-state index in [1.807, 2.05) is 24.3 Å². The molecule has 0 saturated heterocycles. The zero-order valence-electron chi connectivity index (χ0n) is 9.54. The number of nitrogens with two attached hydrogens (primary N) is 2. The molecule has 0 atom stereocenters. The van der Waals surface area contributed by atoms with Crippen LogP contribution in [0.4, 0.5) is 0 Å². The van der Waals surface area contributed by atoms with Crippen molar-refractivity contribution in [1.29, 1.82) is 0 Å². The van der Waals surface area contributed by atoms with Gasteiger partial charge in [-0.05, 0) is 12.1 Å². The smallest absolute Gasteiger partial charge is 0.293 e. The maximum atomic E-state index is 5.22. The SMILES string of the molecule is C=C(NN=C(N)N)c1cccc(-[n+]2cnn[nH]2)c1. The summed E-state index contributed by atoms with van der Waals surface area (Å²) in [4.78, 5) is 0. The molecule has 0 unspecified atom stereocenters. The summed E-state index contributed by atoms with van der Waals surface area (Å²) in [7, 11) is 0. The van der Waals surface area contributed by atoms with Gasteiger partial charge in [-0.15, -0.1) is 9.78 Å². The minimum Gasteiger partial charge on any atom is -0.369 e. The van der Waals surface area contributed by atoms with Gasteiger partial charge in [0.05, 0.1) is 5.70 Å². The summed E-state index contributed by atoms with van der Waals surface area (Å²) in [5.41, 5.74) is 15.4. The zero-order valence-corrected chi connectivity index (χ0v) is 9.54. The van der Waals surface area contributed by atoms with Crippen LogP contribution in [-0.2, 0) is 0 Å². The predicted molar refractivity (Wildman–Crippen MR) is 65.9 cm³/mol. The molecule has 1 aromatic carbocycles. The molecule has 0 aliphatic heterocycles. The molecule has 1 heterocycles. The number of tetrazole rings is 1. The molecule has 0 bridgehead atoms. The topological polar surface area (TPSA) is 122 Å². The quantitative estimate of drug-likeness (QED) is 0.234. The Morgan fingerprint density at radius 2 is 2.28 bits per heavy atom.